The molecule has 0 saturated heterocycles. The lowest BCUT2D eigenvalue weighted by atomic mass is 9.43. The molecule has 0 bridgehead atoms. The van der Waals surface area contributed by atoms with E-state index in [9.17, 15) is 29.4 Å². The predicted molar refractivity (Wildman–Crippen MR) is 118 cm³/mol. The van der Waals surface area contributed by atoms with Gasteiger partial charge in [0, 0.05) is 11.5 Å². The highest BCUT2D eigenvalue weighted by molar-refractivity contribution is 7.53. The van der Waals surface area contributed by atoms with Crippen molar-refractivity contribution in [3.05, 3.63) is 34.4 Å². The molecule has 5 rings (SSSR count). The molecule has 4 saturated carbocycles. The van der Waals surface area contributed by atoms with Crippen LogP contribution in [0.3, 0.4) is 0 Å². The molecule has 1 heterocycles. The van der Waals surface area contributed by atoms with Gasteiger partial charge in [-0.2, -0.15) is 0 Å². The van der Waals surface area contributed by atoms with Gasteiger partial charge < -0.3 is 24.4 Å². The zero-order chi connectivity index (χ0) is 23.2. The van der Waals surface area contributed by atoms with E-state index in [1.165, 1.54) is 6.07 Å². The van der Waals surface area contributed by atoms with Crippen molar-refractivity contribution in [1.82, 2.24) is 0 Å². The molecule has 4 fully saturated rings. The van der Waals surface area contributed by atoms with Crippen LogP contribution in [0.1, 0.15) is 83.1 Å². The van der Waals surface area contributed by atoms with Gasteiger partial charge in [-0.25, -0.2) is 4.79 Å². The molecular formula is C24H35O7P. The van der Waals surface area contributed by atoms with Gasteiger partial charge in [-0.3, -0.25) is 4.57 Å². The minimum atomic E-state index is -4.60. The second-order valence-electron chi connectivity index (χ2n) is 11.6. The third-order valence-corrected chi connectivity index (χ3v) is 12.0. The van der Waals surface area contributed by atoms with E-state index in [4.69, 9.17) is 4.42 Å². The summed E-state index contributed by atoms with van der Waals surface area (Å²) in [5, 5.41) is 21.0. The fraction of sp³-hybridized carbons (Fsp3) is 0.792. The van der Waals surface area contributed by atoms with Crippen molar-refractivity contribution in [1.29, 1.82) is 0 Å². The third-order valence-electron chi connectivity index (χ3n) is 10.6. The number of aliphatic hydroxyl groups is 2. The van der Waals surface area contributed by atoms with E-state index >= 15 is 0 Å². The Morgan fingerprint density at radius 2 is 1.72 bits per heavy atom. The summed E-state index contributed by atoms with van der Waals surface area (Å²) in [5.41, 5.74) is -0.653. The van der Waals surface area contributed by atoms with E-state index in [0.29, 0.717) is 12.8 Å². The van der Waals surface area contributed by atoms with Gasteiger partial charge in [0.2, 0.25) is 0 Å². The molecule has 8 atom stereocenters. The maximum atomic E-state index is 12.2. The van der Waals surface area contributed by atoms with Crippen LogP contribution < -0.4 is 5.63 Å². The Morgan fingerprint density at radius 1 is 0.969 bits per heavy atom. The maximum Gasteiger partial charge on any atom is 0.356 e. The van der Waals surface area contributed by atoms with Crippen molar-refractivity contribution >= 4 is 7.60 Å². The van der Waals surface area contributed by atoms with Crippen LogP contribution in [0.2, 0.25) is 0 Å². The molecule has 7 nitrogen and oxygen atoms in total. The zero-order valence-electron chi connectivity index (χ0n) is 18.9. The lowest BCUT2D eigenvalue weighted by Crippen LogP contribution is -2.62. The van der Waals surface area contributed by atoms with Crippen LogP contribution in [0.4, 0.5) is 0 Å². The van der Waals surface area contributed by atoms with Crippen LogP contribution in [0.5, 0.6) is 0 Å². The maximum absolute atomic E-state index is 12.2. The van der Waals surface area contributed by atoms with Crippen molar-refractivity contribution < 1.29 is 29.0 Å². The fourth-order valence-electron chi connectivity index (χ4n) is 8.56. The van der Waals surface area contributed by atoms with Crippen LogP contribution in [0.25, 0.3) is 0 Å². The number of hydrogen-bond acceptors (Lipinski definition) is 5. The summed E-state index contributed by atoms with van der Waals surface area (Å²) >= 11 is 0. The van der Waals surface area contributed by atoms with Crippen molar-refractivity contribution in [3.8, 4) is 0 Å². The van der Waals surface area contributed by atoms with E-state index in [1.54, 1.807) is 6.26 Å². The van der Waals surface area contributed by atoms with Crippen LogP contribution >= 0.6 is 7.60 Å². The van der Waals surface area contributed by atoms with E-state index in [2.05, 4.69) is 13.8 Å². The number of fused-ring (bicyclic) bond motifs is 5. The van der Waals surface area contributed by atoms with Gasteiger partial charge >= 0.3 is 13.2 Å². The van der Waals surface area contributed by atoms with E-state index in [-0.39, 0.29) is 53.0 Å². The molecule has 4 aliphatic carbocycles. The molecule has 0 amide bonds. The lowest BCUT2D eigenvalue weighted by Gasteiger charge is -2.64. The van der Waals surface area contributed by atoms with E-state index in [1.807, 2.05) is 6.07 Å². The van der Waals surface area contributed by atoms with Gasteiger partial charge in [0.25, 0.3) is 0 Å². The Kier molecular flexibility index (Phi) is 5.00. The average molecular weight is 467 g/mol. The monoisotopic (exact) mass is 466 g/mol. The van der Waals surface area contributed by atoms with Crippen molar-refractivity contribution in [2.75, 3.05) is 0 Å². The second-order valence-corrected chi connectivity index (χ2v) is 13.5. The summed E-state index contributed by atoms with van der Waals surface area (Å²) in [5.74, 6) is 0.579. The SMILES string of the molecule is C[C@]12CC[C@@](O)(P(=O)(O)O)C[C@H]1CC[C@@H]1[C@@H]2CC[C@]2(C)[C@@H](c3ccc(=O)oc3)CC[C@]12O. The Bertz CT molecular complexity index is 997. The van der Waals surface area contributed by atoms with Gasteiger partial charge in [-0.1, -0.05) is 13.8 Å². The van der Waals surface area contributed by atoms with Gasteiger partial charge in [0.15, 0.2) is 5.34 Å². The third kappa shape index (κ3) is 2.94. The van der Waals surface area contributed by atoms with E-state index < -0.39 is 18.5 Å². The van der Waals surface area contributed by atoms with Gasteiger partial charge in [-0.05, 0) is 98.5 Å². The minimum absolute atomic E-state index is 0.0451. The Morgan fingerprint density at radius 3 is 2.38 bits per heavy atom. The fourth-order valence-corrected chi connectivity index (χ4v) is 9.42. The van der Waals surface area contributed by atoms with Crippen LogP contribution in [0, 0.1) is 28.6 Å². The van der Waals surface area contributed by atoms with Crippen LogP contribution in [-0.2, 0) is 4.57 Å². The molecule has 0 unspecified atom stereocenters. The number of rotatable bonds is 2. The molecule has 1 aromatic heterocycles. The summed E-state index contributed by atoms with van der Waals surface area (Å²) in [7, 11) is -4.60. The smallest absolute Gasteiger partial charge is 0.356 e. The summed E-state index contributed by atoms with van der Waals surface area (Å²) < 4.78 is 17.1. The first-order valence-electron chi connectivity index (χ1n) is 11.9. The first-order chi connectivity index (χ1) is 14.8. The Balaban J connectivity index is 1.45. The summed E-state index contributed by atoms with van der Waals surface area (Å²) in [6, 6.07) is 3.29. The molecule has 178 valence electrons. The topological polar surface area (TPSA) is 128 Å². The average Bonchev–Trinajstić information content (AvgIpc) is 3.00. The van der Waals surface area contributed by atoms with Gasteiger partial charge in [-0.15, -0.1) is 0 Å². The molecule has 1 aromatic rings. The molecule has 4 aliphatic rings. The molecule has 0 spiro atoms. The highest BCUT2D eigenvalue weighted by Crippen LogP contribution is 2.72. The molecule has 0 radical (unpaired) electrons. The summed E-state index contributed by atoms with van der Waals surface area (Å²) in [6.07, 6.45) is 7.32. The quantitative estimate of drug-likeness (QED) is 0.489. The van der Waals surface area contributed by atoms with E-state index in [0.717, 1.165) is 37.7 Å². The lowest BCUT2D eigenvalue weighted by molar-refractivity contribution is -0.208. The largest absolute Gasteiger partial charge is 0.431 e. The van der Waals surface area contributed by atoms with Crippen LogP contribution in [-0.4, -0.2) is 30.9 Å². The molecule has 0 aromatic carbocycles. The Hall–Kier alpha value is -0.980. The summed E-state index contributed by atoms with van der Waals surface area (Å²) in [6.45, 7) is 4.41. The highest BCUT2D eigenvalue weighted by Gasteiger charge is 2.68. The molecule has 0 aliphatic heterocycles. The van der Waals surface area contributed by atoms with Crippen LogP contribution in [0.15, 0.2) is 27.6 Å². The van der Waals surface area contributed by atoms with Crippen molar-refractivity contribution in [2.45, 2.75) is 88.5 Å². The summed E-state index contributed by atoms with van der Waals surface area (Å²) in [4.78, 5) is 31.0. The zero-order valence-corrected chi connectivity index (χ0v) is 19.8. The molecule has 32 heavy (non-hydrogen) atoms. The second kappa shape index (κ2) is 7.02. The molecule has 4 N–H and O–H groups in total. The highest BCUT2D eigenvalue weighted by atomic mass is 31.2. The predicted octanol–water partition coefficient (Wildman–Crippen LogP) is 3.75. The van der Waals surface area contributed by atoms with Crippen molar-refractivity contribution in [2.24, 2.45) is 28.6 Å². The number of hydrogen-bond donors (Lipinski definition) is 4. The standard InChI is InChI=1S/C24H35O7P/c1-21-11-12-23(26,32(28,29)30)13-16(21)4-5-19-18(21)7-9-22(2)17(8-10-24(19,22)27)15-3-6-20(25)31-14-15/h3,6,14,16-19,26-27H,4-5,7-13H2,1-2H3,(H2,28,29,30)/t16-,17-,18+,19-,21+,22-,23-,24+/m1/s1. The Labute approximate surface area is 188 Å². The first-order valence-corrected chi connectivity index (χ1v) is 13.5. The molecule has 8 heteroatoms. The first kappa shape index (κ1) is 22.8. The van der Waals surface area contributed by atoms with Crippen molar-refractivity contribution in [3.63, 3.8) is 0 Å². The normalized spacial score (nSPS) is 48.6. The van der Waals surface area contributed by atoms with Gasteiger partial charge in [0.1, 0.15) is 0 Å². The van der Waals surface area contributed by atoms with Gasteiger partial charge in [0.05, 0.1) is 11.9 Å². The minimum Gasteiger partial charge on any atom is -0.431 e. The molecular weight excluding hydrogens is 431 g/mol.